The number of thiol groups is 1. The second-order valence-electron chi connectivity index (χ2n) is 3.37. The van der Waals surface area contributed by atoms with Crippen LogP contribution in [0.1, 0.15) is 5.56 Å². The normalized spacial score (nSPS) is 10.8. The molecule has 80 valence electrons. The molecule has 0 aromatic heterocycles. The van der Waals surface area contributed by atoms with E-state index in [4.69, 9.17) is 5.11 Å². The number of hydrogen-bond donors (Lipinski definition) is 2. The molecule has 0 spiro atoms. The second-order valence-corrected chi connectivity index (χ2v) is 3.88. The first-order valence-electron chi connectivity index (χ1n) is 4.86. The van der Waals surface area contributed by atoms with Crippen LogP contribution in [0.15, 0.2) is 58.4 Å². The molecule has 0 radical (unpaired) electrons. The largest absolute Gasteiger partial charge is 0.508 e. The zero-order chi connectivity index (χ0) is 11.4. The van der Waals surface area contributed by atoms with Crippen LogP contribution >= 0.6 is 12.6 Å². The van der Waals surface area contributed by atoms with Gasteiger partial charge in [0.2, 0.25) is 0 Å². The van der Waals surface area contributed by atoms with Gasteiger partial charge in [0.1, 0.15) is 5.75 Å². The van der Waals surface area contributed by atoms with Crippen LogP contribution in [-0.4, -0.2) is 11.3 Å². The van der Waals surface area contributed by atoms with Gasteiger partial charge in [-0.3, -0.25) is 4.99 Å². The van der Waals surface area contributed by atoms with Crippen LogP contribution in [0.25, 0.3) is 0 Å². The lowest BCUT2D eigenvalue weighted by atomic mass is 10.2. The van der Waals surface area contributed by atoms with Gasteiger partial charge in [0.05, 0.1) is 5.69 Å². The third kappa shape index (κ3) is 2.87. The molecular formula is C13H11NOS. The van der Waals surface area contributed by atoms with Crippen molar-refractivity contribution in [2.24, 2.45) is 4.99 Å². The van der Waals surface area contributed by atoms with E-state index < -0.39 is 0 Å². The Morgan fingerprint density at radius 3 is 2.19 bits per heavy atom. The summed E-state index contributed by atoms with van der Waals surface area (Å²) < 4.78 is 0. The Kier molecular flexibility index (Phi) is 3.27. The van der Waals surface area contributed by atoms with E-state index in [1.165, 1.54) is 0 Å². The topological polar surface area (TPSA) is 32.6 Å². The molecule has 0 aliphatic rings. The van der Waals surface area contributed by atoms with Crippen LogP contribution in [0.4, 0.5) is 5.69 Å². The Morgan fingerprint density at radius 1 is 0.938 bits per heavy atom. The smallest absolute Gasteiger partial charge is 0.115 e. The van der Waals surface area contributed by atoms with Gasteiger partial charge in [-0.1, -0.05) is 0 Å². The molecule has 0 heterocycles. The molecule has 3 heteroatoms. The molecular weight excluding hydrogens is 218 g/mol. The first kappa shape index (κ1) is 10.8. The molecule has 0 saturated heterocycles. The fraction of sp³-hybridized carbons (Fsp3) is 0. The SMILES string of the molecule is Oc1ccc(/C=N/c2ccc(S)cc2)cc1. The van der Waals surface area contributed by atoms with E-state index in [9.17, 15) is 0 Å². The van der Waals surface area contributed by atoms with E-state index in [0.717, 1.165) is 16.1 Å². The molecule has 2 rings (SSSR count). The first-order chi connectivity index (χ1) is 7.74. The molecule has 2 aromatic rings. The summed E-state index contributed by atoms with van der Waals surface area (Å²) in [7, 11) is 0. The van der Waals surface area contributed by atoms with E-state index in [1.807, 2.05) is 36.4 Å². The van der Waals surface area contributed by atoms with Gasteiger partial charge in [0.25, 0.3) is 0 Å². The van der Waals surface area contributed by atoms with Crippen molar-refractivity contribution in [3.05, 3.63) is 54.1 Å². The van der Waals surface area contributed by atoms with E-state index in [-0.39, 0.29) is 5.75 Å². The van der Waals surface area contributed by atoms with Crippen molar-refractivity contribution in [1.82, 2.24) is 0 Å². The lowest BCUT2D eigenvalue weighted by molar-refractivity contribution is 0.475. The van der Waals surface area contributed by atoms with Gasteiger partial charge in [-0.25, -0.2) is 0 Å². The summed E-state index contributed by atoms with van der Waals surface area (Å²) in [5.41, 5.74) is 1.83. The Labute approximate surface area is 99.7 Å². The van der Waals surface area contributed by atoms with Gasteiger partial charge in [-0.05, 0) is 54.1 Å². The van der Waals surface area contributed by atoms with Crippen LogP contribution in [0, 0.1) is 0 Å². The van der Waals surface area contributed by atoms with Crippen LogP contribution < -0.4 is 0 Å². The van der Waals surface area contributed by atoms with Crippen molar-refractivity contribution in [3.8, 4) is 5.75 Å². The highest BCUT2D eigenvalue weighted by Crippen LogP contribution is 2.15. The lowest BCUT2D eigenvalue weighted by Crippen LogP contribution is -1.78. The second kappa shape index (κ2) is 4.86. The minimum absolute atomic E-state index is 0.261. The average Bonchev–Trinajstić information content (AvgIpc) is 2.30. The molecule has 2 nitrogen and oxygen atoms in total. The van der Waals surface area contributed by atoms with Crippen molar-refractivity contribution in [2.45, 2.75) is 4.90 Å². The molecule has 0 saturated carbocycles. The average molecular weight is 229 g/mol. The molecule has 0 bridgehead atoms. The maximum absolute atomic E-state index is 9.12. The first-order valence-corrected chi connectivity index (χ1v) is 5.31. The summed E-state index contributed by atoms with van der Waals surface area (Å²) in [6, 6.07) is 14.5. The highest BCUT2D eigenvalue weighted by atomic mass is 32.1. The predicted octanol–water partition coefficient (Wildman–Crippen LogP) is 3.43. The van der Waals surface area contributed by atoms with E-state index >= 15 is 0 Å². The van der Waals surface area contributed by atoms with Gasteiger partial charge < -0.3 is 5.11 Å². The van der Waals surface area contributed by atoms with Gasteiger partial charge >= 0.3 is 0 Å². The van der Waals surface area contributed by atoms with Crippen LogP contribution in [-0.2, 0) is 0 Å². The van der Waals surface area contributed by atoms with Crippen molar-refractivity contribution in [1.29, 1.82) is 0 Å². The molecule has 0 aliphatic carbocycles. The number of rotatable bonds is 2. The molecule has 16 heavy (non-hydrogen) atoms. The monoisotopic (exact) mass is 229 g/mol. The van der Waals surface area contributed by atoms with Crippen LogP contribution in [0.3, 0.4) is 0 Å². The quantitative estimate of drug-likeness (QED) is 0.600. The lowest BCUT2D eigenvalue weighted by Gasteiger charge is -1.95. The molecule has 0 atom stereocenters. The number of benzene rings is 2. The van der Waals surface area contributed by atoms with Crippen molar-refractivity contribution < 1.29 is 5.11 Å². The van der Waals surface area contributed by atoms with Crippen molar-refractivity contribution in [3.63, 3.8) is 0 Å². The summed E-state index contributed by atoms with van der Waals surface area (Å²) in [6.07, 6.45) is 1.76. The molecule has 0 amide bonds. The van der Waals surface area contributed by atoms with Crippen molar-refractivity contribution >= 4 is 24.5 Å². The molecule has 0 fully saturated rings. The standard InChI is InChI=1S/C13H11NOS/c15-12-5-1-10(2-6-12)9-14-11-3-7-13(16)8-4-11/h1-9,15-16H/b14-9+. The third-order valence-electron chi connectivity index (χ3n) is 2.11. The minimum Gasteiger partial charge on any atom is -0.508 e. The summed E-state index contributed by atoms with van der Waals surface area (Å²) in [4.78, 5) is 5.23. The van der Waals surface area contributed by atoms with E-state index in [0.29, 0.717) is 0 Å². The van der Waals surface area contributed by atoms with Crippen LogP contribution in [0.5, 0.6) is 5.75 Å². The van der Waals surface area contributed by atoms with E-state index in [1.54, 1.807) is 18.3 Å². The Bertz CT molecular complexity index is 441. The number of aliphatic imine (C=N–C) groups is 1. The highest BCUT2D eigenvalue weighted by Gasteiger charge is 1.90. The fourth-order valence-electron chi connectivity index (χ4n) is 1.25. The van der Waals surface area contributed by atoms with Gasteiger partial charge in [-0.2, -0.15) is 0 Å². The summed E-state index contributed by atoms with van der Waals surface area (Å²) in [6.45, 7) is 0. The number of phenols is 1. The highest BCUT2D eigenvalue weighted by molar-refractivity contribution is 7.80. The number of phenolic OH excluding ortho intramolecular Hbond substituents is 1. The van der Waals surface area contributed by atoms with Gasteiger partial charge in [0.15, 0.2) is 0 Å². The molecule has 0 aliphatic heterocycles. The maximum Gasteiger partial charge on any atom is 0.115 e. The van der Waals surface area contributed by atoms with E-state index in [2.05, 4.69) is 17.6 Å². The fourth-order valence-corrected chi connectivity index (χ4v) is 1.40. The minimum atomic E-state index is 0.261. The number of hydrogen-bond acceptors (Lipinski definition) is 3. The third-order valence-corrected chi connectivity index (χ3v) is 2.40. The van der Waals surface area contributed by atoms with Gasteiger partial charge in [-0.15, -0.1) is 12.6 Å². The summed E-state index contributed by atoms with van der Waals surface area (Å²) in [5.74, 6) is 0.261. The zero-order valence-corrected chi connectivity index (χ0v) is 9.43. The summed E-state index contributed by atoms with van der Waals surface area (Å²) in [5, 5.41) is 9.12. The van der Waals surface area contributed by atoms with Crippen molar-refractivity contribution in [2.75, 3.05) is 0 Å². The molecule has 2 aromatic carbocycles. The Morgan fingerprint density at radius 2 is 1.56 bits per heavy atom. The number of nitrogens with zero attached hydrogens (tertiary/aromatic N) is 1. The van der Waals surface area contributed by atoms with Gasteiger partial charge in [0, 0.05) is 11.1 Å². The maximum atomic E-state index is 9.12. The zero-order valence-electron chi connectivity index (χ0n) is 8.54. The Balaban J connectivity index is 2.15. The Hall–Kier alpha value is -1.74. The van der Waals surface area contributed by atoms with Crippen LogP contribution in [0.2, 0.25) is 0 Å². The summed E-state index contributed by atoms with van der Waals surface area (Å²) >= 11 is 4.20. The predicted molar refractivity (Wildman–Crippen MR) is 69.1 cm³/mol. The molecule has 1 N–H and O–H groups in total. The molecule has 0 unspecified atom stereocenters. The number of aromatic hydroxyl groups is 1.